The first kappa shape index (κ1) is 13.7. The summed E-state index contributed by atoms with van der Waals surface area (Å²) < 4.78 is 2.24. The van der Waals surface area contributed by atoms with Gasteiger partial charge in [-0.25, -0.2) is 4.98 Å². The van der Waals surface area contributed by atoms with Gasteiger partial charge < -0.3 is 10.3 Å². The van der Waals surface area contributed by atoms with Crippen LogP contribution in [-0.4, -0.2) is 9.55 Å². The Kier molecular flexibility index (Phi) is 3.42. The van der Waals surface area contributed by atoms with Crippen LogP contribution in [0.1, 0.15) is 36.7 Å². The van der Waals surface area contributed by atoms with Crippen molar-refractivity contribution in [1.29, 1.82) is 0 Å². The largest absolute Gasteiger partial charge is 0.399 e. The summed E-state index contributed by atoms with van der Waals surface area (Å²) in [4.78, 5) is 4.60. The number of hydrogen-bond acceptors (Lipinski definition) is 2. The molecule has 0 radical (unpaired) electrons. The Morgan fingerprint density at radius 1 is 1.10 bits per heavy atom. The number of anilines is 1. The van der Waals surface area contributed by atoms with E-state index < -0.39 is 0 Å². The van der Waals surface area contributed by atoms with E-state index >= 15 is 0 Å². The minimum absolute atomic E-state index is 0.567. The summed E-state index contributed by atoms with van der Waals surface area (Å²) in [5.41, 5.74) is 11.4. The quantitative estimate of drug-likeness (QED) is 0.734. The number of aryl methyl sites for hydroxylation is 1. The topological polar surface area (TPSA) is 43.8 Å². The van der Waals surface area contributed by atoms with Crippen molar-refractivity contribution in [1.82, 2.24) is 9.55 Å². The molecule has 3 nitrogen and oxygen atoms in total. The Labute approximate surface area is 125 Å². The zero-order valence-electron chi connectivity index (χ0n) is 12.8. The Morgan fingerprint density at radius 2 is 1.81 bits per heavy atom. The maximum atomic E-state index is 5.83. The van der Waals surface area contributed by atoms with Crippen molar-refractivity contribution in [3.8, 4) is 0 Å². The molecule has 3 aromatic rings. The van der Waals surface area contributed by atoms with Crippen molar-refractivity contribution in [2.45, 2.75) is 33.2 Å². The molecule has 0 aliphatic rings. The van der Waals surface area contributed by atoms with Crippen molar-refractivity contribution in [3.05, 3.63) is 59.4 Å². The van der Waals surface area contributed by atoms with E-state index in [0.717, 1.165) is 29.1 Å². The Morgan fingerprint density at radius 3 is 2.48 bits per heavy atom. The highest BCUT2D eigenvalue weighted by Crippen LogP contribution is 2.21. The normalized spacial score (nSPS) is 11.4. The fourth-order valence-electron chi connectivity index (χ4n) is 2.66. The predicted octanol–water partition coefficient (Wildman–Crippen LogP) is 4.10. The molecule has 0 unspecified atom stereocenters. The number of aromatic nitrogens is 2. The first-order chi connectivity index (χ1) is 10.0. The average molecular weight is 279 g/mol. The van der Waals surface area contributed by atoms with E-state index in [4.69, 9.17) is 5.73 Å². The molecular formula is C18H21N3. The number of fused-ring (bicyclic) bond motifs is 1. The van der Waals surface area contributed by atoms with Gasteiger partial charge in [-0.2, -0.15) is 0 Å². The molecule has 2 N–H and O–H groups in total. The van der Waals surface area contributed by atoms with Crippen molar-refractivity contribution < 1.29 is 0 Å². The van der Waals surface area contributed by atoms with Crippen molar-refractivity contribution >= 4 is 16.7 Å². The highest BCUT2D eigenvalue weighted by Gasteiger charge is 2.08. The van der Waals surface area contributed by atoms with Crippen LogP contribution in [0.25, 0.3) is 11.0 Å². The van der Waals surface area contributed by atoms with Crippen molar-refractivity contribution in [2.75, 3.05) is 5.73 Å². The van der Waals surface area contributed by atoms with Gasteiger partial charge in [0.1, 0.15) is 5.82 Å². The number of rotatable bonds is 3. The predicted molar refractivity (Wildman–Crippen MR) is 88.5 cm³/mol. The standard InChI is InChI=1S/C18H21N3/c1-12(2)15-6-4-14(5-7-15)11-21-13(3)20-17-10-16(19)8-9-18(17)21/h4-10,12H,11,19H2,1-3H3. The maximum absolute atomic E-state index is 5.83. The lowest BCUT2D eigenvalue weighted by Gasteiger charge is -2.09. The molecule has 3 heteroatoms. The smallest absolute Gasteiger partial charge is 0.107 e. The van der Waals surface area contributed by atoms with Crippen LogP contribution in [0.2, 0.25) is 0 Å². The number of hydrogen-bond donors (Lipinski definition) is 1. The summed E-state index contributed by atoms with van der Waals surface area (Å²) >= 11 is 0. The van der Waals surface area contributed by atoms with E-state index in [1.165, 1.54) is 11.1 Å². The molecule has 0 aliphatic heterocycles. The van der Waals surface area contributed by atoms with Gasteiger partial charge in [-0.05, 0) is 42.2 Å². The third kappa shape index (κ3) is 2.64. The van der Waals surface area contributed by atoms with Crippen molar-refractivity contribution in [2.24, 2.45) is 0 Å². The summed E-state index contributed by atoms with van der Waals surface area (Å²) in [6, 6.07) is 14.8. The highest BCUT2D eigenvalue weighted by molar-refractivity contribution is 5.79. The molecule has 0 atom stereocenters. The zero-order valence-corrected chi connectivity index (χ0v) is 12.8. The highest BCUT2D eigenvalue weighted by atomic mass is 15.1. The molecule has 1 aromatic heterocycles. The lowest BCUT2D eigenvalue weighted by atomic mass is 10.0. The van der Waals surface area contributed by atoms with Gasteiger partial charge in [-0.1, -0.05) is 38.1 Å². The molecule has 21 heavy (non-hydrogen) atoms. The molecule has 0 aliphatic carbocycles. The van der Waals surface area contributed by atoms with E-state index in [-0.39, 0.29) is 0 Å². The van der Waals surface area contributed by atoms with Gasteiger partial charge in [0.15, 0.2) is 0 Å². The van der Waals surface area contributed by atoms with Crippen LogP contribution in [0.5, 0.6) is 0 Å². The minimum Gasteiger partial charge on any atom is -0.399 e. The molecular weight excluding hydrogens is 258 g/mol. The molecule has 0 bridgehead atoms. The minimum atomic E-state index is 0.567. The van der Waals surface area contributed by atoms with E-state index in [0.29, 0.717) is 5.92 Å². The van der Waals surface area contributed by atoms with Crippen LogP contribution in [0.4, 0.5) is 5.69 Å². The van der Waals surface area contributed by atoms with E-state index in [1.54, 1.807) is 0 Å². The average Bonchev–Trinajstić information content (AvgIpc) is 2.75. The van der Waals surface area contributed by atoms with Gasteiger partial charge in [0.2, 0.25) is 0 Å². The molecule has 0 saturated heterocycles. The van der Waals surface area contributed by atoms with E-state index in [9.17, 15) is 0 Å². The van der Waals surface area contributed by atoms with Crippen LogP contribution >= 0.6 is 0 Å². The zero-order chi connectivity index (χ0) is 15.0. The lowest BCUT2D eigenvalue weighted by Crippen LogP contribution is -2.02. The SMILES string of the molecule is Cc1nc2cc(N)ccc2n1Cc1ccc(C(C)C)cc1. The first-order valence-electron chi connectivity index (χ1n) is 7.36. The van der Waals surface area contributed by atoms with E-state index in [1.807, 2.05) is 25.1 Å². The van der Waals surface area contributed by atoms with Crippen molar-refractivity contribution in [3.63, 3.8) is 0 Å². The Balaban J connectivity index is 1.96. The fraction of sp³-hybridized carbons (Fsp3) is 0.278. The fourth-order valence-corrected chi connectivity index (χ4v) is 2.66. The monoisotopic (exact) mass is 279 g/mol. The number of nitrogen functional groups attached to an aromatic ring is 1. The van der Waals surface area contributed by atoms with Crippen LogP contribution < -0.4 is 5.73 Å². The number of nitrogens with two attached hydrogens (primary N) is 1. The van der Waals surface area contributed by atoms with Crippen LogP contribution in [0.15, 0.2) is 42.5 Å². The molecule has 1 heterocycles. The van der Waals surface area contributed by atoms with Gasteiger partial charge in [0.05, 0.1) is 11.0 Å². The summed E-state index contributed by atoms with van der Waals surface area (Å²) in [5, 5.41) is 0. The molecule has 0 amide bonds. The third-order valence-corrected chi connectivity index (χ3v) is 3.95. The molecule has 3 rings (SSSR count). The molecule has 0 fully saturated rings. The Bertz CT molecular complexity index is 767. The second-order valence-electron chi connectivity index (χ2n) is 5.89. The second kappa shape index (κ2) is 5.24. The summed E-state index contributed by atoms with van der Waals surface area (Å²) in [5.74, 6) is 1.58. The third-order valence-electron chi connectivity index (χ3n) is 3.95. The van der Waals surface area contributed by atoms with Crippen LogP contribution in [-0.2, 0) is 6.54 Å². The summed E-state index contributed by atoms with van der Waals surface area (Å²) in [6.45, 7) is 7.31. The van der Waals surface area contributed by atoms with Crippen LogP contribution in [0.3, 0.4) is 0 Å². The second-order valence-corrected chi connectivity index (χ2v) is 5.89. The van der Waals surface area contributed by atoms with Gasteiger partial charge in [0, 0.05) is 12.2 Å². The number of nitrogens with zero attached hydrogens (tertiary/aromatic N) is 2. The van der Waals surface area contributed by atoms with Gasteiger partial charge in [0.25, 0.3) is 0 Å². The van der Waals surface area contributed by atoms with Crippen LogP contribution in [0, 0.1) is 6.92 Å². The summed E-state index contributed by atoms with van der Waals surface area (Å²) in [7, 11) is 0. The molecule has 0 saturated carbocycles. The molecule has 2 aromatic carbocycles. The Hall–Kier alpha value is -2.29. The first-order valence-corrected chi connectivity index (χ1v) is 7.36. The lowest BCUT2D eigenvalue weighted by molar-refractivity contribution is 0.783. The number of imidazole rings is 1. The van der Waals surface area contributed by atoms with Gasteiger partial charge in [-0.15, -0.1) is 0 Å². The van der Waals surface area contributed by atoms with Gasteiger partial charge >= 0.3 is 0 Å². The maximum Gasteiger partial charge on any atom is 0.107 e. The van der Waals surface area contributed by atoms with Gasteiger partial charge in [-0.3, -0.25) is 0 Å². The van der Waals surface area contributed by atoms with E-state index in [2.05, 4.69) is 47.7 Å². The molecule has 108 valence electrons. The molecule has 0 spiro atoms. The summed E-state index contributed by atoms with van der Waals surface area (Å²) in [6.07, 6.45) is 0. The number of benzene rings is 2.